The van der Waals surface area contributed by atoms with Crippen LogP contribution in [0.25, 0.3) is 11.0 Å². The number of esters is 1. The van der Waals surface area contributed by atoms with Crippen LogP contribution in [0.1, 0.15) is 34.1 Å². The van der Waals surface area contributed by atoms with Crippen LogP contribution in [0.4, 0.5) is 11.4 Å². The van der Waals surface area contributed by atoms with Gasteiger partial charge in [-0.1, -0.05) is 17.7 Å². The van der Waals surface area contributed by atoms with Gasteiger partial charge in [0.1, 0.15) is 29.4 Å². The summed E-state index contributed by atoms with van der Waals surface area (Å²) in [5.74, 6) is 0.176. The van der Waals surface area contributed by atoms with Crippen molar-refractivity contribution in [3.05, 3.63) is 82.7 Å². The predicted octanol–water partition coefficient (Wildman–Crippen LogP) is 5.01. The van der Waals surface area contributed by atoms with Gasteiger partial charge >= 0.3 is 5.97 Å². The summed E-state index contributed by atoms with van der Waals surface area (Å²) in [6, 6.07) is 14.2. The molecule has 2 aromatic carbocycles. The fourth-order valence-electron chi connectivity index (χ4n) is 3.66. The minimum Gasteiger partial charge on any atom is -0.497 e. The lowest BCUT2D eigenvalue weighted by Gasteiger charge is -2.12. The number of rotatable bonds is 7. The van der Waals surface area contributed by atoms with Crippen molar-refractivity contribution in [1.82, 2.24) is 4.98 Å². The summed E-state index contributed by atoms with van der Waals surface area (Å²) in [5.41, 5.74) is 3.92. The summed E-state index contributed by atoms with van der Waals surface area (Å²) in [5, 5.41) is 3.48. The van der Waals surface area contributed by atoms with E-state index in [0.717, 1.165) is 5.56 Å². The highest BCUT2D eigenvalue weighted by molar-refractivity contribution is 6.05. The van der Waals surface area contributed by atoms with Gasteiger partial charge in [0, 0.05) is 35.8 Å². The maximum Gasteiger partial charge on any atom is 0.302 e. The number of carbonyl (C=O) groups excluding carboxylic acids is 2. The highest BCUT2D eigenvalue weighted by atomic mass is 16.5. The van der Waals surface area contributed by atoms with E-state index in [0.29, 0.717) is 45.1 Å². The SMILES string of the molecule is COc1ccc(OC)c(N=c2oc3c(C)ncc(COC(C)=O)c3cc2C(=O)Nc2ccc(C)cc2)c1. The molecule has 0 aliphatic carbocycles. The molecule has 0 aliphatic rings. The highest BCUT2D eigenvalue weighted by Crippen LogP contribution is 2.31. The molecule has 37 heavy (non-hydrogen) atoms. The fraction of sp³-hybridized carbons (Fsp3) is 0.214. The molecule has 4 rings (SSSR count). The van der Waals surface area contributed by atoms with Gasteiger partial charge < -0.3 is 23.9 Å². The van der Waals surface area contributed by atoms with E-state index in [2.05, 4.69) is 15.3 Å². The zero-order chi connectivity index (χ0) is 26.5. The topological polar surface area (TPSA) is 112 Å². The number of aromatic nitrogens is 1. The molecule has 0 saturated heterocycles. The van der Waals surface area contributed by atoms with Gasteiger partial charge in [0.15, 0.2) is 5.58 Å². The molecule has 1 N–H and O–H groups in total. The lowest BCUT2D eigenvalue weighted by Crippen LogP contribution is -2.22. The van der Waals surface area contributed by atoms with E-state index in [-0.39, 0.29) is 17.7 Å². The van der Waals surface area contributed by atoms with Crippen LogP contribution in [0.5, 0.6) is 11.5 Å². The van der Waals surface area contributed by atoms with Crippen molar-refractivity contribution in [3.8, 4) is 11.5 Å². The van der Waals surface area contributed by atoms with E-state index < -0.39 is 11.9 Å². The highest BCUT2D eigenvalue weighted by Gasteiger charge is 2.18. The molecule has 0 spiro atoms. The standard InChI is InChI=1S/C28H27N3O6/c1-16-6-8-20(9-7-16)30-27(33)23-13-22-19(15-36-18(3)32)14-29-17(2)26(22)37-28(23)31-24-12-21(34-4)10-11-25(24)35-5/h6-14H,15H2,1-5H3,(H,30,33). The van der Waals surface area contributed by atoms with Crippen LogP contribution >= 0.6 is 0 Å². The number of aryl methyl sites for hydroxylation is 2. The van der Waals surface area contributed by atoms with E-state index in [4.69, 9.17) is 18.6 Å². The Morgan fingerprint density at radius 2 is 1.78 bits per heavy atom. The number of carbonyl (C=O) groups is 2. The minimum atomic E-state index is -0.431. The van der Waals surface area contributed by atoms with E-state index in [1.807, 2.05) is 31.2 Å². The van der Waals surface area contributed by atoms with Crippen LogP contribution in [0, 0.1) is 13.8 Å². The zero-order valence-electron chi connectivity index (χ0n) is 21.2. The molecular formula is C28H27N3O6. The first kappa shape index (κ1) is 25.4. The Kier molecular flexibility index (Phi) is 7.52. The maximum absolute atomic E-state index is 13.5. The molecule has 2 heterocycles. The third kappa shape index (κ3) is 5.78. The predicted molar refractivity (Wildman–Crippen MR) is 138 cm³/mol. The second-order valence-corrected chi connectivity index (χ2v) is 8.33. The van der Waals surface area contributed by atoms with Gasteiger partial charge in [0.05, 0.1) is 19.9 Å². The number of anilines is 1. The van der Waals surface area contributed by atoms with Crippen LogP contribution in [0.3, 0.4) is 0 Å². The first-order valence-electron chi connectivity index (χ1n) is 11.5. The van der Waals surface area contributed by atoms with Gasteiger partial charge in [-0.2, -0.15) is 0 Å². The molecule has 2 aromatic heterocycles. The van der Waals surface area contributed by atoms with Gasteiger partial charge in [-0.3, -0.25) is 14.6 Å². The minimum absolute atomic E-state index is 0.0200. The molecule has 9 nitrogen and oxygen atoms in total. The summed E-state index contributed by atoms with van der Waals surface area (Å²) in [6.45, 7) is 5.05. The van der Waals surface area contributed by atoms with Crippen LogP contribution in [-0.2, 0) is 16.1 Å². The second kappa shape index (κ2) is 10.9. The van der Waals surface area contributed by atoms with Crippen LogP contribution in [-0.4, -0.2) is 31.1 Å². The number of pyridine rings is 1. The Labute approximate surface area is 213 Å². The summed E-state index contributed by atoms with van der Waals surface area (Å²) in [4.78, 5) is 34.0. The monoisotopic (exact) mass is 501 g/mol. The lowest BCUT2D eigenvalue weighted by molar-refractivity contribution is -0.142. The number of hydrogen-bond acceptors (Lipinski definition) is 8. The van der Waals surface area contributed by atoms with E-state index in [1.54, 1.807) is 44.5 Å². The van der Waals surface area contributed by atoms with Crippen molar-refractivity contribution in [1.29, 1.82) is 0 Å². The van der Waals surface area contributed by atoms with E-state index in [1.165, 1.54) is 14.0 Å². The number of methoxy groups -OCH3 is 2. The van der Waals surface area contributed by atoms with Gasteiger partial charge in [-0.05, 0) is 44.2 Å². The van der Waals surface area contributed by atoms with E-state index in [9.17, 15) is 9.59 Å². The molecule has 0 aliphatic heterocycles. The number of benzene rings is 2. The van der Waals surface area contributed by atoms with E-state index >= 15 is 0 Å². The molecule has 0 atom stereocenters. The third-order valence-electron chi connectivity index (χ3n) is 5.64. The largest absolute Gasteiger partial charge is 0.497 e. The quantitative estimate of drug-likeness (QED) is 0.354. The Bertz CT molecular complexity index is 1540. The molecule has 0 unspecified atom stereocenters. The number of nitrogens with one attached hydrogen (secondary N) is 1. The smallest absolute Gasteiger partial charge is 0.302 e. The molecule has 0 fully saturated rings. The molecule has 0 bridgehead atoms. The molecular weight excluding hydrogens is 474 g/mol. The van der Waals surface area contributed by atoms with Crippen molar-refractivity contribution in [2.45, 2.75) is 27.4 Å². The number of hydrogen-bond donors (Lipinski definition) is 1. The average molecular weight is 502 g/mol. The lowest BCUT2D eigenvalue weighted by atomic mass is 10.1. The van der Waals surface area contributed by atoms with Crippen LogP contribution < -0.4 is 20.3 Å². The van der Waals surface area contributed by atoms with Gasteiger partial charge in [-0.15, -0.1) is 0 Å². The van der Waals surface area contributed by atoms with Gasteiger partial charge in [0.25, 0.3) is 5.91 Å². The average Bonchev–Trinajstić information content (AvgIpc) is 2.89. The van der Waals surface area contributed by atoms with Crippen LogP contribution in [0.15, 0.2) is 64.1 Å². The molecule has 9 heteroatoms. The number of nitrogens with zero attached hydrogens (tertiary/aromatic N) is 2. The Morgan fingerprint density at radius 1 is 1.03 bits per heavy atom. The molecule has 0 saturated carbocycles. The fourth-order valence-corrected chi connectivity index (χ4v) is 3.66. The summed E-state index contributed by atoms with van der Waals surface area (Å²) < 4.78 is 22.2. The number of ether oxygens (including phenoxy) is 3. The van der Waals surface area contributed by atoms with Crippen molar-refractivity contribution >= 4 is 34.2 Å². The maximum atomic E-state index is 13.5. The first-order chi connectivity index (χ1) is 17.8. The van der Waals surface area contributed by atoms with Crippen molar-refractivity contribution in [2.75, 3.05) is 19.5 Å². The molecule has 1 amide bonds. The summed E-state index contributed by atoms with van der Waals surface area (Å²) >= 11 is 0. The zero-order valence-corrected chi connectivity index (χ0v) is 21.2. The summed E-state index contributed by atoms with van der Waals surface area (Å²) in [6.07, 6.45) is 1.60. The molecule has 190 valence electrons. The van der Waals surface area contributed by atoms with Crippen molar-refractivity contribution in [3.63, 3.8) is 0 Å². The third-order valence-corrected chi connectivity index (χ3v) is 5.64. The number of amides is 1. The van der Waals surface area contributed by atoms with Gasteiger partial charge in [-0.25, -0.2) is 4.99 Å². The molecule has 4 aromatic rings. The normalized spacial score (nSPS) is 11.3. The first-order valence-corrected chi connectivity index (χ1v) is 11.5. The number of fused-ring (bicyclic) bond motifs is 1. The van der Waals surface area contributed by atoms with Crippen molar-refractivity contribution in [2.24, 2.45) is 4.99 Å². The van der Waals surface area contributed by atoms with Gasteiger partial charge in [0.2, 0.25) is 5.55 Å². The Balaban J connectivity index is 1.94. The van der Waals surface area contributed by atoms with Crippen LogP contribution in [0.2, 0.25) is 0 Å². The second-order valence-electron chi connectivity index (χ2n) is 8.33. The van der Waals surface area contributed by atoms with Crippen molar-refractivity contribution < 1.29 is 28.2 Å². The Hall–Kier alpha value is -4.66. The summed E-state index contributed by atoms with van der Waals surface area (Å²) in [7, 11) is 3.07. The Morgan fingerprint density at radius 3 is 2.46 bits per heavy atom. The molecule has 0 radical (unpaired) electrons.